The van der Waals surface area contributed by atoms with E-state index in [1.165, 1.54) is 5.56 Å². The maximum atomic E-state index is 6.20. The Hall–Kier alpha value is -2.01. The molecule has 0 saturated heterocycles. The second-order valence-electron chi connectivity index (χ2n) is 6.08. The van der Waals surface area contributed by atoms with E-state index in [2.05, 4.69) is 29.5 Å². The molecular formula is C20H21Cl2N3O. The molecule has 1 aromatic heterocycles. The Balaban J connectivity index is 1.77. The number of hydrogen-bond acceptors (Lipinski definition) is 3. The van der Waals surface area contributed by atoms with Crippen LogP contribution < -0.4 is 10.1 Å². The van der Waals surface area contributed by atoms with Crippen molar-refractivity contribution in [1.82, 2.24) is 15.1 Å². The maximum Gasteiger partial charge on any atom is 0.142 e. The van der Waals surface area contributed by atoms with E-state index in [4.69, 9.17) is 27.9 Å². The number of hydrogen-bond donors (Lipinski definition) is 1. The third-order valence-corrected chi connectivity index (χ3v) is 4.85. The van der Waals surface area contributed by atoms with Gasteiger partial charge in [0.05, 0.1) is 23.5 Å². The van der Waals surface area contributed by atoms with E-state index in [1.807, 2.05) is 35.9 Å². The monoisotopic (exact) mass is 389 g/mol. The number of halogens is 2. The molecule has 3 aromatic rings. The normalized spacial score (nSPS) is 11.0. The first-order valence-corrected chi connectivity index (χ1v) is 9.10. The van der Waals surface area contributed by atoms with E-state index in [-0.39, 0.29) is 0 Å². The van der Waals surface area contributed by atoms with Crippen molar-refractivity contribution < 1.29 is 4.74 Å². The van der Waals surface area contributed by atoms with Crippen LogP contribution in [-0.4, -0.2) is 16.9 Å². The number of ether oxygens (including phenoxy) is 1. The van der Waals surface area contributed by atoms with Gasteiger partial charge >= 0.3 is 0 Å². The van der Waals surface area contributed by atoms with Gasteiger partial charge in [-0.1, -0.05) is 41.4 Å². The highest BCUT2D eigenvalue weighted by atomic mass is 35.5. The molecule has 0 aliphatic rings. The lowest BCUT2D eigenvalue weighted by Crippen LogP contribution is -2.14. The zero-order valence-electron chi connectivity index (χ0n) is 15.0. The van der Waals surface area contributed by atoms with Crippen LogP contribution in [0.3, 0.4) is 0 Å². The molecule has 0 spiro atoms. The molecule has 0 atom stereocenters. The molecule has 1 N–H and O–H groups in total. The fourth-order valence-corrected chi connectivity index (χ4v) is 3.66. The summed E-state index contributed by atoms with van der Waals surface area (Å²) in [6.07, 6.45) is 0. The topological polar surface area (TPSA) is 39.1 Å². The maximum absolute atomic E-state index is 6.20. The van der Waals surface area contributed by atoms with Gasteiger partial charge in [-0.3, -0.25) is 0 Å². The molecule has 4 nitrogen and oxygen atoms in total. The smallest absolute Gasteiger partial charge is 0.142 e. The van der Waals surface area contributed by atoms with Gasteiger partial charge in [0.25, 0.3) is 0 Å². The van der Waals surface area contributed by atoms with Gasteiger partial charge in [-0.15, -0.1) is 0 Å². The summed E-state index contributed by atoms with van der Waals surface area (Å²) >= 11 is 12.3. The zero-order valence-corrected chi connectivity index (χ0v) is 16.5. The van der Waals surface area contributed by atoms with Crippen molar-refractivity contribution in [2.24, 2.45) is 0 Å². The van der Waals surface area contributed by atoms with Crippen LogP contribution in [-0.2, 0) is 13.1 Å². The van der Waals surface area contributed by atoms with E-state index in [0.717, 1.165) is 22.6 Å². The van der Waals surface area contributed by atoms with Crippen molar-refractivity contribution in [1.29, 1.82) is 0 Å². The van der Waals surface area contributed by atoms with Crippen LogP contribution in [0.5, 0.6) is 5.75 Å². The van der Waals surface area contributed by atoms with Crippen LogP contribution >= 0.6 is 23.2 Å². The van der Waals surface area contributed by atoms with Crippen molar-refractivity contribution in [2.45, 2.75) is 26.9 Å². The lowest BCUT2D eigenvalue weighted by Gasteiger charge is -2.12. The molecule has 0 aliphatic carbocycles. The van der Waals surface area contributed by atoms with Gasteiger partial charge in [0, 0.05) is 34.9 Å². The highest BCUT2D eigenvalue weighted by Crippen LogP contribution is 2.32. The van der Waals surface area contributed by atoms with Gasteiger partial charge in [0.15, 0.2) is 0 Å². The largest absolute Gasteiger partial charge is 0.495 e. The van der Waals surface area contributed by atoms with Crippen LogP contribution in [0.4, 0.5) is 0 Å². The number of aromatic nitrogens is 2. The summed E-state index contributed by atoms with van der Waals surface area (Å²) in [5, 5.41) is 9.23. The van der Waals surface area contributed by atoms with E-state index < -0.39 is 0 Å². The summed E-state index contributed by atoms with van der Waals surface area (Å²) in [5.41, 5.74) is 5.30. The van der Waals surface area contributed by atoms with Gasteiger partial charge in [0.1, 0.15) is 5.75 Å². The fourth-order valence-electron chi connectivity index (χ4n) is 3.05. The van der Waals surface area contributed by atoms with Gasteiger partial charge in [-0.25, -0.2) is 4.68 Å². The van der Waals surface area contributed by atoms with E-state index in [0.29, 0.717) is 28.9 Å². The Labute approximate surface area is 163 Å². The number of benzene rings is 2. The summed E-state index contributed by atoms with van der Waals surface area (Å²) in [6, 6.07) is 13.7. The minimum atomic E-state index is 0.515. The van der Waals surface area contributed by atoms with Crippen molar-refractivity contribution in [2.75, 3.05) is 7.11 Å². The molecule has 6 heteroatoms. The first-order chi connectivity index (χ1) is 12.5. The van der Waals surface area contributed by atoms with Gasteiger partial charge in [-0.05, 0) is 38.1 Å². The molecular weight excluding hydrogens is 369 g/mol. The van der Waals surface area contributed by atoms with Crippen molar-refractivity contribution in [3.63, 3.8) is 0 Å². The number of aryl methyl sites for hydroxylation is 1. The Bertz CT molecular complexity index is 907. The third kappa shape index (κ3) is 3.88. The average molecular weight is 390 g/mol. The number of nitrogens with one attached hydrogen (secondary N) is 1. The van der Waals surface area contributed by atoms with Crippen LogP contribution in [0.25, 0.3) is 5.69 Å². The number of nitrogens with zero attached hydrogens (tertiary/aromatic N) is 2. The minimum Gasteiger partial charge on any atom is -0.495 e. The molecule has 0 radical (unpaired) electrons. The van der Waals surface area contributed by atoms with E-state index >= 15 is 0 Å². The first-order valence-electron chi connectivity index (χ1n) is 8.34. The number of rotatable bonds is 6. The van der Waals surface area contributed by atoms with Crippen LogP contribution in [0.1, 0.15) is 22.5 Å². The third-order valence-electron chi connectivity index (χ3n) is 4.35. The summed E-state index contributed by atoms with van der Waals surface area (Å²) in [6.45, 7) is 5.40. The number of para-hydroxylation sites is 1. The Morgan fingerprint density at radius 3 is 2.50 bits per heavy atom. The predicted molar refractivity (Wildman–Crippen MR) is 107 cm³/mol. The molecule has 0 fully saturated rings. The van der Waals surface area contributed by atoms with Crippen LogP contribution in [0.15, 0.2) is 42.5 Å². The van der Waals surface area contributed by atoms with Crippen molar-refractivity contribution in [3.8, 4) is 11.4 Å². The average Bonchev–Trinajstić information content (AvgIpc) is 2.90. The highest BCUT2D eigenvalue weighted by Gasteiger charge is 2.14. The van der Waals surface area contributed by atoms with Crippen LogP contribution in [0, 0.1) is 13.8 Å². The SMILES string of the molecule is COc1c(Cl)cc(Cl)cc1CNCc1c(C)nn(-c2ccccc2)c1C. The Morgan fingerprint density at radius 1 is 1.08 bits per heavy atom. The Kier molecular flexibility index (Phi) is 5.87. The highest BCUT2D eigenvalue weighted by molar-refractivity contribution is 6.35. The lowest BCUT2D eigenvalue weighted by atomic mass is 10.1. The molecule has 2 aromatic carbocycles. The van der Waals surface area contributed by atoms with Gasteiger partial charge < -0.3 is 10.1 Å². The molecule has 0 aliphatic heterocycles. The molecule has 1 heterocycles. The molecule has 136 valence electrons. The molecule has 0 bridgehead atoms. The van der Waals surface area contributed by atoms with Crippen molar-refractivity contribution in [3.05, 3.63) is 75.0 Å². The number of methoxy groups -OCH3 is 1. The summed E-state index contributed by atoms with van der Waals surface area (Å²) < 4.78 is 7.37. The molecule has 0 unspecified atom stereocenters. The van der Waals surface area contributed by atoms with E-state index in [1.54, 1.807) is 13.2 Å². The minimum absolute atomic E-state index is 0.515. The first kappa shape index (κ1) is 18.8. The van der Waals surface area contributed by atoms with Crippen molar-refractivity contribution >= 4 is 23.2 Å². The summed E-state index contributed by atoms with van der Waals surface area (Å²) in [4.78, 5) is 0. The predicted octanol–water partition coefficient (Wildman–Crippen LogP) is 5.09. The molecule has 0 saturated carbocycles. The second-order valence-corrected chi connectivity index (χ2v) is 6.92. The summed E-state index contributed by atoms with van der Waals surface area (Å²) in [5.74, 6) is 0.650. The standard InChI is InChI=1S/C20H21Cl2N3O/c1-13-18(14(2)25(24-13)17-7-5-4-6-8-17)12-23-11-15-9-16(21)10-19(22)20(15)26-3/h4-10,23H,11-12H2,1-3H3. The van der Waals surface area contributed by atoms with Gasteiger partial charge in [0.2, 0.25) is 0 Å². The molecule has 26 heavy (non-hydrogen) atoms. The lowest BCUT2D eigenvalue weighted by molar-refractivity contribution is 0.408. The quantitative estimate of drug-likeness (QED) is 0.637. The second kappa shape index (κ2) is 8.12. The zero-order chi connectivity index (χ0) is 18.7. The summed E-state index contributed by atoms with van der Waals surface area (Å²) in [7, 11) is 1.61. The van der Waals surface area contributed by atoms with Crippen LogP contribution in [0.2, 0.25) is 10.0 Å². The molecule has 3 rings (SSSR count). The van der Waals surface area contributed by atoms with E-state index in [9.17, 15) is 0 Å². The Morgan fingerprint density at radius 2 is 1.81 bits per heavy atom. The fraction of sp³-hybridized carbons (Fsp3) is 0.250. The molecule has 0 amide bonds. The van der Waals surface area contributed by atoms with Gasteiger partial charge in [-0.2, -0.15) is 5.10 Å².